The topological polar surface area (TPSA) is 24.9 Å². The van der Waals surface area contributed by atoms with Crippen molar-refractivity contribution in [2.75, 3.05) is 53.6 Å². The highest BCUT2D eigenvalue weighted by Gasteiger charge is 2.26. The summed E-state index contributed by atoms with van der Waals surface area (Å²) in [5.41, 5.74) is 1.39. The fourth-order valence-electron chi connectivity index (χ4n) is 5.53. The number of rotatable bonds is 11. The lowest BCUT2D eigenvalue weighted by molar-refractivity contribution is 0.0924. The van der Waals surface area contributed by atoms with Gasteiger partial charge in [0.15, 0.2) is 0 Å². The molecule has 192 valence electrons. The monoisotopic (exact) mass is 566 g/mol. The van der Waals surface area contributed by atoms with Gasteiger partial charge in [-0.25, -0.2) is 0 Å². The summed E-state index contributed by atoms with van der Waals surface area (Å²) < 4.78 is 11.9. The van der Waals surface area contributed by atoms with Crippen LogP contribution >= 0.6 is 40.7 Å². The molecule has 33 heavy (non-hydrogen) atoms. The van der Waals surface area contributed by atoms with Gasteiger partial charge in [-0.3, -0.25) is 4.90 Å². The Morgan fingerprint density at radius 1 is 1.00 bits per heavy atom. The summed E-state index contributed by atoms with van der Waals surface area (Å²) in [4.78, 5) is 5.35. The van der Waals surface area contributed by atoms with E-state index in [1.54, 1.807) is 7.11 Å². The molecule has 2 aliphatic rings. The highest BCUT2D eigenvalue weighted by atomic mass is 79.9. The standard InChI is InChI=1S/C26H43BrN2O2.2ClH/c1-4-29(17-18-30-2)24-7-5-21(6-8-24)11-14-28-15-12-22(13-16-28)19-23-20-25(31-3)9-10-26(23)27;;/h9-10,20-22,24H,4-8,11-19H2,1-3H3;2*1H. The van der Waals surface area contributed by atoms with Gasteiger partial charge in [0.25, 0.3) is 0 Å². The summed E-state index contributed by atoms with van der Waals surface area (Å²) >= 11 is 3.72. The number of nitrogens with zero attached hydrogens (tertiary/aromatic N) is 2. The van der Waals surface area contributed by atoms with Crippen LogP contribution < -0.4 is 4.74 Å². The van der Waals surface area contributed by atoms with Gasteiger partial charge in [0.1, 0.15) is 5.75 Å². The highest BCUT2D eigenvalue weighted by Crippen LogP contribution is 2.31. The van der Waals surface area contributed by atoms with Crippen molar-refractivity contribution in [3.63, 3.8) is 0 Å². The molecule has 7 heteroatoms. The zero-order chi connectivity index (χ0) is 22.1. The minimum Gasteiger partial charge on any atom is -0.497 e. The van der Waals surface area contributed by atoms with Crippen LogP contribution in [0, 0.1) is 11.8 Å². The molecule has 4 nitrogen and oxygen atoms in total. The highest BCUT2D eigenvalue weighted by molar-refractivity contribution is 9.10. The Balaban J connectivity index is 0.00000272. The van der Waals surface area contributed by atoms with Crippen LogP contribution in [0.1, 0.15) is 57.4 Å². The normalized spacial score (nSPS) is 22.0. The van der Waals surface area contributed by atoms with Crippen LogP contribution in [0.2, 0.25) is 0 Å². The molecule has 0 radical (unpaired) electrons. The van der Waals surface area contributed by atoms with Crippen LogP contribution in [0.4, 0.5) is 0 Å². The van der Waals surface area contributed by atoms with E-state index in [0.717, 1.165) is 49.7 Å². The first kappa shape index (κ1) is 31.0. The fraction of sp³-hybridized carbons (Fsp3) is 0.769. The lowest BCUT2D eigenvalue weighted by Gasteiger charge is -2.37. The van der Waals surface area contributed by atoms with E-state index in [1.807, 2.05) is 13.2 Å². The van der Waals surface area contributed by atoms with Gasteiger partial charge in [-0.15, -0.1) is 24.8 Å². The second-order valence-electron chi connectivity index (χ2n) is 9.53. The molecule has 1 aliphatic carbocycles. The Hall–Kier alpha value is -0.0400. The van der Waals surface area contributed by atoms with Crippen LogP contribution in [0.3, 0.4) is 0 Å². The molecule has 2 fully saturated rings. The minimum absolute atomic E-state index is 0. The molecule has 0 bridgehead atoms. The van der Waals surface area contributed by atoms with Crippen molar-refractivity contribution in [1.82, 2.24) is 9.80 Å². The second kappa shape index (κ2) is 16.6. The molecule has 0 atom stereocenters. The number of ether oxygens (including phenoxy) is 2. The Morgan fingerprint density at radius 2 is 1.70 bits per heavy atom. The van der Waals surface area contributed by atoms with Crippen LogP contribution in [-0.4, -0.2) is 69.4 Å². The largest absolute Gasteiger partial charge is 0.497 e. The van der Waals surface area contributed by atoms with Crippen molar-refractivity contribution in [3.05, 3.63) is 28.2 Å². The molecule has 1 saturated heterocycles. The molecule has 0 spiro atoms. The summed E-state index contributed by atoms with van der Waals surface area (Å²) in [6.45, 7) is 9.22. The maximum Gasteiger partial charge on any atom is 0.119 e. The van der Waals surface area contributed by atoms with Crippen molar-refractivity contribution < 1.29 is 9.47 Å². The van der Waals surface area contributed by atoms with Gasteiger partial charge in [-0.05, 0) is 113 Å². The van der Waals surface area contributed by atoms with Gasteiger partial charge in [0.2, 0.25) is 0 Å². The molecule has 3 rings (SSSR count). The summed E-state index contributed by atoms with van der Waals surface area (Å²) in [6.07, 6.45) is 10.8. The van der Waals surface area contributed by atoms with Gasteiger partial charge >= 0.3 is 0 Å². The third-order valence-electron chi connectivity index (χ3n) is 7.64. The number of benzene rings is 1. The summed E-state index contributed by atoms with van der Waals surface area (Å²) in [7, 11) is 3.56. The first-order valence-corrected chi connectivity index (χ1v) is 13.2. The predicted molar refractivity (Wildman–Crippen MR) is 148 cm³/mol. The van der Waals surface area contributed by atoms with Crippen molar-refractivity contribution in [1.29, 1.82) is 0 Å². The van der Waals surface area contributed by atoms with Crippen molar-refractivity contribution in [2.45, 2.75) is 64.3 Å². The number of hydrogen-bond acceptors (Lipinski definition) is 4. The van der Waals surface area contributed by atoms with Crippen molar-refractivity contribution in [3.8, 4) is 5.75 Å². The zero-order valence-electron chi connectivity index (χ0n) is 20.8. The molecule has 0 N–H and O–H groups in total. The van der Waals surface area contributed by atoms with E-state index in [-0.39, 0.29) is 24.8 Å². The number of halogens is 3. The first-order valence-electron chi connectivity index (χ1n) is 12.4. The summed E-state index contributed by atoms with van der Waals surface area (Å²) in [5, 5.41) is 0. The van der Waals surface area contributed by atoms with E-state index in [1.165, 1.54) is 74.6 Å². The van der Waals surface area contributed by atoms with Crippen LogP contribution in [-0.2, 0) is 11.2 Å². The molecule has 1 heterocycles. The zero-order valence-corrected chi connectivity index (χ0v) is 24.0. The fourth-order valence-corrected chi connectivity index (χ4v) is 5.94. The SMILES string of the molecule is CCN(CCOC)C1CCC(CCN2CCC(Cc3cc(OC)ccc3Br)CC2)CC1.Cl.Cl. The Morgan fingerprint density at radius 3 is 2.30 bits per heavy atom. The van der Waals surface area contributed by atoms with Gasteiger partial charge in [0.05, 0.1) is 13.7 Å². The van der Waals surface area contributed by atoms with Gasteiger partial charge < -0.3 is 14.4 Å². The van der Waals surface area contributed by atoms with E-state index in [9.17, 15) is 0 Å². The molecule has 1 aromatic carbocycles. The summed E-state index contributed by atoms with van der Waals surface area (Å²) in [6, 6.07) is 7.13. The third kappa shape index (κ3) is 9.85. The smallest absolute Gasteiger partial charge is 0.119 e. The Labute approximate surface area is 223 Å². The summed E-state index contributed by atoms with van der Waals surface area (Å²) in [5.74, 6) is 2.69. The molecule has 0 amide bonds. The maximum absolute atomic E-state index is 5.41. The molecular formula is C26H45BrCl2N2O2. The van der Waals surface area contributed by atoms with E-state index >= 15 is 0 Å². The number of likely N-dealkylation sites (N-methyl/N-ethyl adjacent to an activating group) is 1. The lowest BCUT2D eigenvalue weighted by Crippen LogP contribution is -2.40. The van der Waals surface area contributed by atoms with E-state index in [2.05, 4.69) is 44.8 Å². The molecular weight excluding hydrogens is 523 g/mol. The van der Waals surface area contributed by atoms with Gasteiger partial charge in [0, 0.05) is 24.2 Å². The van der Waals surface area contributed by atoms with Crippen LogP contribution in [0.25, 0.3) is 0 Å². The number of likely N-dealkylation sites (tertiary alicyclic amines) is 1. The number of hydrogen-bond donors (Lipinski definition) is 0. The molecule has 1 saturated carbocycles. The molecule has 1 aliphatic heterocycles. The van der Waals surface area contributed by atoms with E-state index in [4.69, 9.17) is 9.47 Å². The lowest BCUT2D eigenvalue weighted by atomic mass is 9.83. The molecule has 1 aromatic rings. The molecule has 0 aromatic heterocycles. The van der Waals surface area contributed by atoms with E-state index < -0.39 is 0 Å². The minimum atomic E-state index is 0. The van der Waals surface area contributed by atoms with Gasteiger partial charge in [-0.1, -0.05) is 22.9 Å². The maximum atomic E-state index is 5.41. The number of piperidine rings is 1. The average molecular weight is 568 g/mol. The predicted octanol–water partition coefficient (Wildman–Crippen LogP) is 6.47. The molecule has 0 unspecified atom stereocenters. The van der Waals surface area contributed by atoms with Crippen LogP contribution in [0.15, 0.2) is 22.7 Å². The Kier molecular flexibility index (Phi) is 15.6. The average Bonchev–Trinajstić information content (AvgIpc) is 2.81. The quantitative estimate of drug-likeness (QED) is 0.306. The van der Waals surface area contributed by atoms with Gasteiger partial charge in [-0.2, -0.15) is 0 Å². The number of methoxy groups -OCH3 is 2. The second-order valence-corrected chi connectivity index (χ2v) is 10.4. The third-order valence-corrected chi connectivity index (χ3v) is 8.42. The Bertz CT molecular complexity index is 651. The van der Waals surface area contributed by atoms with E-state index in [0.29, 0.717) is 0 Å². The van der Waals surface area contributed by atoms with Crippen molar-refractivity contribution >= 4 is 40.7 Å². The first-order chi connectivity index (χ1) is 15.1. The van der Waals surface area contributed by atoms with Crippen molar-refractivity contribution in [2.24, 2.45) is 11.8 Å². The van der Waals surface area contributed by atoms with Crippen LogP contribution in [0.5, 0.6) is 5.75 Å².